The van der Waals surface area contributed by atoms with Crippen molar-refractivity contribution in [2.75, 3.05) is 0 Å². The average Bonchev–Trinajstić information content (AvgIpc) is 2.41. The van der Waals surface area contributed by atoms with E-state index in [-0.39, 0.29) is 22.1 Å². The number of ketones is 1. The number of carbonyl (C=O) groups excluding carboxylic acids is 1. The van der Waals surface area contributed by atoms with Gasteiger partial charge in [0, 0.05) is 23.3 Å². The van der Waals surface area contributed by atoms with Crippen molar-refractivity contribution in [2.24, 2.45) is 0 Å². The molecule has 4 nitrogen and oxygen atoms in total. The Morgan fingerprint density at radius 3 is 2.35 bits per heavy atom. The van der Waals surface area contributed by atoms with E-state index in [0.717, 1.165) is 11.1 Å². The number of hydrogen-bond donors (Lipinski definition) is 0. The molecule has 0 fully saturated rings. The molecule has 0 spiro atoms. The van der Waals surface area contributed by atoms with E-state index >= 15 is 0 Å². The van der Waals surface area contributed by atoms with Gasteiger partial charge in [-0.2, -0.15) is 0 Å². The molecule has 0 amide bonds. The van der Waals surface area contributed by atoms with Gasteiger partial charge in [0.05, 0.1) is 9.95 Å². The molecule has 0 aromatic heterocycles. The highest BCUT2D eigenvalue weighted by Gasteiger charge is 2.16. The van der Waals surface area contributed by atoms with E-state index in [9.17, 15) is 14.9 Å². The lowest BCUT2D eigenvalue weighted by Gasteiger charge is -2.06. The summed E-state index contributed by atoms with van der Waals surface area (Å²) < 4.78 is 0. The Morgan fingerprint density at radius 1 is 1.10 bits per heavy atom. The smallest absolute Gasteiger partial charge is 0.270 e. The second-order valence-corrected chi connectivity index (χ2v) is 4.96. The Kier molecular flexibility index (Phi) is 3.86. The van der Waals surface area contributed by atoms with Crippen LogP contribution in [-0.2, 0) is 0 Å². The zero-order valence-corrected chi connectivity index (χ0v) is 11.8. The molecule has 20 heavy (non-hydrogen) atoms. The van der Waals surface area contributed by atoms with E-state index in [4.69, 9.17) is 11.6 Å². The highest BCUT2D eigenvalue weighted by Crippen LogP contribution is 2.25. The molecule has 2 rings (SSSR count). The van der Waals surface area contributed by atoms with Crippen molar-refractivity contribution in [3.8, 4) is 0 Å². The van der Waals surface area contributed by atoms with E-state index in [1.807, 2.05) is 19.9 Å². The highest BCUT2D eigenvalue weighted by molar-refractivity contribution is 6.35. The number of halogens is 1. The molecule has 5 heteroatoms. The molecule has 2 aromatic rings. The number of nitro groups is 1. The van der Waals surface area contributed by atoms with Crippen molar-refractivity contribution in [1.82, 2.24) is 0 Å². The second kappa shape index (κ2) is 5.43. The maximum atomic E-state index is 12.4. The molecule has 0 bridgehead atoms. The summed E-state index contributed by atoms with van der Waals surface area (Å²) in [5, 5.41) is 10.7. The van der Waals surface area contributed by atoms with Gasteiger partial charge in [-0.15, -0.1) is 0 Å². The van der Waals surface area contributed by atoms with Crippen LogP contribution >= 0.6 is 11.6 Å². The molecular weight excluding hydrogens is 278 g/mol. The summed E-state index contributed by atoms with van der Waals surface area (Å²) in [6, 6.07) is 9.23. The third-order valence-corrected chi connectivity index (χ3v) is 3.49. The Morgan fingerprint density at radius 2 is 1.80 bits per heavy atom. The van der Waals surface area contributed by atoms with Crippen LogP contribution in [0.3, 0.4) is 0 Å². The molecule has 0 aliphatic carbocycles. The van der Waals surface area contributed by atoms with Gasteiger partial charge in [0.1, 0.15) is 0 Å². The fourth-order valence-corrected chi connectivity index (χ4v) is 2.10. The molecule has 0 saturated carbocycles. The highest BCUT2D eigenvalue weighted by atomic mass is 35.5. The number of benzene rings is 2. The standard InChI is InChI=1S/C15H12ClNO3/c1-9-3-4-11(7-10(9)2)15(18)13-6-5-12(17(19)20)8-14(13)16/h3-8H,1-2H3. The topological polar surface area (TPSA) is 60.2 Å². The first-order valence-corrected chi connectivity index (χ1v) is 6.34. The molecule has 0 aliphatic heterocycles. The molecule has 0 N–H and O–H groups in total. The maximum absolute atomic E-state index is 12.4. The van der Waals surface area contributed by atoms with Crippen molar-refractivity contribution in [3.63, 3.8) is 0 Å². The number of rotatable bonds is 3. The fraction of sp³-hybridized carbons (Fsp3) is 0.133. The fourth-order valence-electron chi connectivity index (χ4n) is 1.84. The van der Waals surface area contributed by atoms with Crippen LogP contribution < -0.4 is 0 Å². The van der Waals surface area contributed by atoms with Crippen LogP contribution in [0.15, 0.2) is 36.4 Å². The molecule has 0 heterocycles. The number of hydrogen-bond acceptors (Lipinski definition) is 3. The van der Waals surface area contributed by atoms with Crippen molar-refractivity contribution in [1.29, 1.82) is 0 Å². The zero-order chi connectivity index (χ0) is 14.9. The van der Waals surface area contributed by atoms with Gasteiger partial charge in [-0.25, -0.2) is 0 Å². The summed E-state index contributed by atoms with van der Waals surface area (Å²) >= 11 is 5.96. The van der Waals surface area contributed by atoms with E-state index in [0.29, 0.717) is 5.56 Å². The van der Waals surface area contributed by atoms with Gasteiger partial charge < -0.3 is 0 Å². The predicted octanol–water partition coefficient (Wildman–Crippen LogP) is 4.10. The lowest BCUT2D eigenvalue weighted by atomic mass is 9.99. The Labute approximate surface area is 121 Å². The van der Waals surface area contributed by atoms with E-state index in [1.54, 1.807) is 12.1 Å². The molecule has 0 atom stereocenters. The minimum atomic E-state index is -0.545. The van der Waals surface area contributed by atoms with Gasteiger partial charge >= 0.3 is 0 Å². The number of nitro benzene ring substituents is 1. The summed E-state index contributed by atoms with van der Waals surface area (Å²) in [7, 11) is 0. The van der Waals surface area contributed by atoms with Crippen LogP contribution in [0.25, 0.3) is 0 Å². The lowest BCUT2D eigenvalue weighted by molar-refractivity contribution is -0.384. The zero-order valence-electron chi connectivity index (χ0n) is 11.0. The Bertz CT molecular complexity index is 710. The monoisotopic (exact) mass is 289 g/mol. The quantitative estimate of drug-likeness (QED) is 0.485. The largest absolute Gasteiger partial charge is 0.289 e. The minimum Gasteiger partial charge on any atom is -0.289 e. The number of carbonyl (C=O) groups is 1. The van der Waals surface area contributed by atoms with E-state index in [1.165, 1.54) is 18.2 Å². The van der Waals surface area contributed by atoms with Crippen molar-refractivity contribution < 1.29 is 9.72 Å². The maximum Gasteiger partial charge on any atom is 0.270 e. The van der Waals surface area contributed by atoms with Gasteiger partial charge in [-0.3, -0.25) is 14.9 Å². The van der Waals surface area contributed by atoms with Gasteiger partial charge in [-0.1, -0.05) is 23.7 Å². The molecule has 0 aliphatic rings. The van der Waals surface area contributed by atoms with Crippen LogP contribution in [0.5, 0.6) is 0 Å². The molecule has 102 valence electrons. The number of non-ortho nitro benzene ring substituents is 1. The minimum absolute atomic E-state index is 0.0856. The number of nitrogens with zero attached hydrogens (tertiary/aromatic N) is 1. The summed E-state index contributed by atoms with van der Waals surface area (Å²) in [6.07, 6.45) is 0. The molecule has 0 saturated heterocycles. The summed E-state index contributed by atoms with van der Waals surface area (Å²) in [6.45, 7) is 3.88. The summed E-state index contributed by atoms with van der Waals surface area (Å²) in [5.41, 5.74) is 2.75. The van der Waals surface area contributed by atoms with Crippen molar-refractivity contribution >= 4 is 23.1 Å². The Hall–Kier alpha value is -2.20. The van der Waals surface area contributed by atoms with E-state index < -0.39 is 4.92 Å². The second-order valence-electron chi connectivity index (χ2n) is 4.55. The predicted molar refractivity (Wildman–Crippen MR) is 77.5 cm³/mol. The third kappa shape index (κ3) is 2.70. The first-order chi connectivity index (χ1) is 9.40. The molecule has 0 radical (unpaired) electrons. The summed E-state index contributed by atoms with van der Waals surface area (Å²) in [4.78, 5) is 22.5. The average molecular weight is 290 g/mol. The van der Waals surface area contributed by atoms with Gasteiger partial charge in [0.15, 0.2) is 5.78 Å². The first-order valence-electron chi connectivity index (χ1n) is 5.96. The number of aryl methyl sites for hydroxylation is 2. The van der Waals surface area contributed by atoms with Gasteiger partial charge in [0.25, 0.3) is 5.69 Å². The normalized spacial score (nSPS) is 10.3. The van der Waals surface area contributed by atoms with Crippen LogP contribution in [0.2, 0.25) is 5.02 Å². The van der Waals surface area contributed by atoms with Crippen LogP contribution in [0.1, 0.15) is 27.0 Å². The van der Waals surface area contributed by atoms with Gasteiger partial charge in [0.2, 0.25) is 0 Å². The van der Waals surface area contributed by atoms with Crippen LogP contribution in [-0.4, -0.2) is 10.7 Å². The SMILES string of the molecule is Cc1ccc(C(=O)c2ccc([N+](=O)[O-])cc2Cl)cc1C. The van der Waals surface area contributed by atoms with Crippen LogP contribution in [0.4, 0.5) is 5.69 Å². The molecular formula is C15H12ClNO3. The first kappa shape index (κ1) is 14.2. The van der Waals surface area contributed by atoms with Crippen molar-refractivity contribution in [3.05, 3.63) is 73.8 Å². The third-order valence-electron chi connectivity index (χ3n) is 3.18. The summed E-state index contributed by atoms with van der Waals surface area (Å²) in [5.74, 6) is -0.243. The Balaban J connectivity index is 2.43. The van der Waals surface area contributed by atoms with Gasteiger partial charge in [-0.05, 0) is 37.1 Å². The van der Waals surface area contributed by atoms with Crippen LogP contribution in [0, 0.1) is 24.0 Å². The lowest BCUT2D eigenvalue weighted by Crippen LogP contribution is -2.03. The van der Waals surface area contributed by atoms with Crippen molar-refractivity contribution in [2.45, 2.75) is 13.8 Å². The van der Waals surface area contributed by atoms with E-state index in [2.05, 4.69) is 0 Å². The molecule has 0 unspecified atom stereocenters. The molecule has 2 aromatic carbocycles.